The molecule has 0 amide bonds. The molecule has 0 saturated carbocycles. The van der Waals surface area contributed by atoms with Gasteiger partial charge in [-0.2, -0.15) is 0 Å². The molecule has 0 bridgehead atoms. The number of rotatable bonds is 1. The molecule has 0 aromatic carbocycles. The quantitative estimate of drug-likeness (QED) is 0.858. The molecule has 2 rings (SSSR count). The lowest BCUT2D eigenvalue weighted by molar-refractivity contribution is 0.502. The van der Waals surface area contributed by atoms with E-state index in [9.17, 15) is 0 Å². The van der Waals surface area contributed by atoms with Crippen molar-refractivity contribution in [2.75, 3.05) is 18.0 Å². The molecule has 0 aliphatic carbocycles. The Kier molecular flexibility index (Phi) is 3.64. The van der Waals surface area contributed by atoms with Crippen LogP contribution in [-0.4, -0.2) is 24.1 Å². The molecule has 0 radical (unpaired) electrons. The lowest BCUT2D eigenvalue weighted by Gasteiger charge is -2.32. The van der Waals surface area contributed by atoms with Gasteiger partial charge in [-0.25, -0.2) is 4.98 Å². The number of hydrogen-bond donors (Lipinski definition) is 1. The molecular formula is C10H13Br2N3. The van der Waals surface area contributed by atoms with E-state index in [1.807, 2.05) is 12.3 Å². The molecule has 1 aliphatic rings. The summed E-state index contributed by atoms with van der Waals surface area (Å²) in [5, 5.41) is 0. The summed E-state index contributed by atoms with van der Waals surface area (Å²) in [4.78, 5) is 6.65. The predicted octanol–water partition coefficient (Wildman–Crippen LogP) is 2.53. The van der Waals surface area contributed by atoms with Gasteiger partial charge >= 0.3 is 0 Å². The summed E-state index contributed by atoms with van der Waals surface area (Å²) in [6.45, 7) is 1.94. The van der Waals surface area contributed by atoms with Gasteiger partial charge in [-0.3, -0.25) is 0 Å². The molecule has 3 nitrogen and oxygen atoms in total. The fraction of sp³-hybridized carbons (Fsp3) is 0.500. The molecule has 82 valence electrons. The molecule has 1 unspecified atom stereocenters. The van der Waals surface area contributed by atoms with Gasteiger partial charge in [-0.05, 0) is 50.8 Å². The van der Waals surface area contributed by atoms with Crippen molar-refractivity contribution in [1.82, 2.24) is 4.98 Å². The summed E-state index contributed by atoms with van der Waals surface area (Å²) in [7, 11) is 0. The molecule has 1 aliphatic heterocycles. The first kappa shape index (κ1) is 11.4. The van der Waals surface area contributed by atoms with Crippen LogP contribution in [0.3, 0.4) is 0 Å². The van der Waals surface area contributed by atoms with E-state index in [4.69, 9.17) is 5.73 Å². The first-order chi connectivity index (χ1) is 7.16. The van der Waals surface area contributed by atoms with Crippen LogP contribution in [0.1, 0.15) is 12.8 Å². The summed E-state index contributed by atoms with van der Waals surface area (Å²) in [5.41, 5.74) is 5.95. The van der Waals surface area contributed by atoms with Gasteiger partial charge in [0.25, 0.3) is 0 Å². The number of aromatic nitrogens is 1. The largest absolute Gasteiger partial charge is 0.354 e. The molecule has 0 spiro atoms. The lowest BCUT2D eigenvalue weighted by Crippen LogP contribution is -2.43. The Labute approximate surface area is 106 Å². The van der Waals surface area contributed by atoms with Gasteiger partial charge in [0.2, 0.25) is 0 Å². The second-order valence-corrected chi connectivity index (χ2v) is 5.58. The summed E-state index contributed by atoms with van der Waals surface area (Å²) >= 11 is 6.92. The average Bonchev–Trinajstić information content (AvgIpc) is 2.17. The fourth-order valence-electron chi connectivity index (χ4n) is 1.84. The number of piperidine rings is 1. The zero-order chi connectivity index (χ0) is 10.8. The van der Waals surface area contributed by atoms with Crippen LogP contribution in [0.2, 0.25) is 0 Å². The minimum Gasteiger partial charge on any atom is -0.354 e. The van der Waals surface area contributed by atoms with Crippen molar-refractivity contribution in [3.05, 3.63) is 21.2 Å². The molecule has 1 atom stereocenters. The van der Waals surface area contributed by atoms with Gasteiger partial charge in [0.1, 0.15) is 5.82 Å². The maximum Gasteiger partial charge on any atom is 0.142 e. The minimum absolute atomic E-state index is 0.274. The van der Waals surface area contributed by atoms with E-state index in [2.05, 4.69) is 41.7 Å². The third kappa shape index (κ3) is 2.71. The van der Waals surface area contributed by atoms with Crippen molar-refractivity contribution in [2.45, 2.75) is 18.9 Å². The highest BCUT2D eigenvalue weighted by atomic mass is 79.9. The Morgan fingerprint density at radius 1 is 1.47 bits per heavy atom. The van der Waals surface area contributed by atoms with Crippen molar-refractivity contribution in [2.24, 2.45) is 5.73 Å². The molecule has 15 heavy (non-hydrogen) atoms. The van der Waals surface area contributed by atoms with Gasteiger partial charge in [-0.1, -0.05) is 0 Å². The van der Waals surface area contributed by atoms with E-state index in [0.717, 1.165) is 40.7 Å². The van der Waals surface area contributed by atoms with Crippen LogP contribution in [0.25, 0.3) is 0 Å². The number of pyridine rings is 1. The van der Waals surface area contributed by atoms with Gasteiger partial charge in [0.05, 0.1) is 4.47 Å². The normalized spacial score (nSPS) is 21.8. The third-order valence-electron chi connectivity index (χ3n) is 2.55. The summed E-state index contributed by atoms with van der Waals surface area (Å²) in [5.74, 6) is 0.994. The van der Waals surface area contributed by atoms with Crippen LogP contribution in [0.5, 0.6) is 0 Å². The van der Waals surface area contributed by atoms with Crippen LogP contribution in [0.4, 0.5) is 5.82 Å². The topological polar surface area (TPSA) is 42.1 Å². The van der Waals surface area contributed by atoms with Crippen molar-refractivity contribution < 1.29 is 0 Å². The fourth-order valence-corrected chi connectivity index (χ4v) is 3.08. The molecule has 5 heteroatoms. The van der Waals surface area contributed by atoms with E-state index < -0.39 is 0 Å². The van der Waals surface area contributed by atoms with Gasteiger partial charge in [-0.15, -0.1) is 0 Å². The van der Waals surface area contributed by atoms with Crippen LogP contribution in [0, 0.1) is 0 Å². The van der Waals surface area contributed by atoms with E-state index in [1.54, 1.807) is 0 Å². The average molecular weight is 335 g/mol. The first-order valence-electron chi connectivity index (χ1n) is 4.98. The lowest BCUT2D eigenvalue weighted by atomic mass is 10.1. The number of hydrogen-bond acceptors (Lipinski definition) is 3. The second kappa shape index (κ2) is 4.80. The maximum atomic E-state index is 5.95. The van der Waals surface area contributed by atoms with Gasteiger partial charge < -0.3 is 10.6 Å². The minimum atomic E-state index is 0.274. The highest BCUT2D eigenvalue weighted by molar-refractivity contribution is 9.11. The molecule has 1 aromatic rings. The van der Waals surface area contributed by atoms with E-state index in [-0.39, 0.29) is 6.04 Å². The highest BCUT2D eigenvalue weighted by Crippen LogP contribution is 2.28. The van der Waals surface area contributed by atoms with Crippen LogP contribution in [0.15, 0.2) is 21.2 Å². The van der Waals surface area contributed by atoms with Crippen molar-refractivity contribution in [1.29, 1.82) is 0 Å². The zero-order valence-corrected chi connectivity index (χ0v) is 11.5. The summed E-state index contributed by atoms with van der Waals surface area (Å²) in [6.07, 6.45) is 4.08. The third-order valence-corrected chi connectivity index (χ3v) is 3.56. The molecule has 1 aromatic heterocycles. The van der Waals surface area contributed by atoms with E-state index >= 15 is 0 Å². The summed E-state index contributed by atoms with van der Waals surface area (Å²) in [6, 6.07) is 2.29. The van der Waals surface area contributed by atoms with E-state index in [0.29, 0.717) is 0 Å². The number of nitrogens with two attached hydrogens (primary N) is 1. The Morgan fingerprint density at radius 2 is 2.27 bits per heavy atom. The molecule has 2 heterocycles. The summed E-state index contributed by atoms with van der Waals surface area (Å²) < 4.78 is 2.01. The van der Waals surface area contributed by atoms with Crippen LogP contribution < -0.4 is 10.6 Å². The second-order valence-electron chi connectivity index (χ2n) is 3.81. The molecule has 1 saturated heterocycles. The zero-order valence-electron chi connectivity index (χ0n) is 8.29. The Bertz CT molecular complexity index is 357. The monoisotopic (exact) mass is 333 g/mol. The van der Waals surface area contributed by atoms with Crippen LogP contribution in [-0.2, 0) is 0 Å². The highest BCUT2D eigenvalue weighted by Gasteiger charge is 2.19. The molecule has 1 fully saturated rings. The molecular weight excluding hydrogens is 322 g/mol. The van der Waals surface area contributed by atoms with Gasteiger partial charge in [0, 0.05) is 29.8 Å². The van der Waals surface area contributed by atoms with Crippen molar-refractivity contribution in [3.8, 4) is 0 Å². The maximum absolute atomic E-state index is 5.95. The first-order valence-corrected chi connectivity index (χ1v) is 6.57. The smallest absolute Gasteiger partial charge is 0.142 e. The Hall–Kier alpha value is -0.130. The standard InChI is InChI=1S/C10H13Br2N3/c11-7-4-9(12)10(14-5-7)15-3-1-2-8(13)6-15/h4-5,8H,1-3,6,13H2. The Morgan fingerprint density at radius 3 is 2.93 bits per heavy atom. The number of nitrogens with zero attached hydrogens (tertiary/aromatic N) is 2. The Balaban J connectivity index is 2.21. The predicted molar refractivity (Wildman–Crippen MR) is 69.1 cm³/mol. The molecule has 2 N–H and O–H groups in total. The number of halogens is 2. The van der Waals surface area contributed by atoms with Crippen LogP contribution >= 0.6 is 31.9 Å². The number of anilines is 1. The van der Waals surface area contributed by atoms with Crippen molar-refractivity contribution >= 4 is 37.7 Å². The van der Waals surface area contributed by atoms with E-state index in [1.165, 1.54) is 0 Å². The van der Waals surface area contributed by atoms with Gasteiger partial charge in [0.15, 0.2) is 0 Å². The SMILES string of the molecule is NC1CCCN(c2ncc(Br)cc2Br)C1. The van der Waals surface area contributed by atoms with Crippen molar-refractivity contribution in [3.63, 3.8) is 0 Å².